The van der Waals surface area contributed by atoms with Crippen LogP contribution in [0.5, 0.6) is 5.75 Å². The molecule has 202 valence electrons. The summed E-state index contributed by atoms with van der Waals surface area (Å²) >= 11 is 0. The third-order valence-electron chi connectivity index (χ3n) is 6.15. The van der Waals surface area contributed by atoms with Gasteiger partial charge >= 0.3 is 0 Å². The van der Waals surface area contributed by atoms with Crippen LogP contribution in [0.4, 0.5) is 5.69 Å². The van der Waals surface area contributed by atoms with Crippen molar-refractivity contribution >= 4 is 23.2 Å². The van der Waals surface area contributed by atoms with Crippen LogP contribution in [0.3, 0.4) is 0 Å². The molecular weight excluding hydrogens is 456 g/mol. The molecule has 11 nitrogen and oxygen atoms in total. The lowest BCUT2D eigenvalue weighted by Gasteiger charge is -2.42. The first-order chi connectivity index (χ1) is 16.2. The van der Waals surface area contributed by atoms with E-state index in [1.54, 1.807) is 19.0 Å². The van der Waals surface area contributed by atoms with Gasteiger partial charge in [-0.2, -0.15) is 0 Å². The molecule has 0 radical (unpaired) electrons. The van der Waals surface area contributed by atoms with Crippen LogP contribution >= 0.6 is 0 Å². The minimum Gasteiger partial charge on any atom is -0.507 e. The lowest BCUT2D eigenvalue weighted by molar-refractivity contribution is -0.157. The number of amides is 1. The fourth-order valence-corrected chi connectivity index (χ4v) is 4.48. The minimum atomic E-state index is -2.35. The highest BCUT2D eigenvalue weighted by Gasteiger charge is 2.48. The molecule has 11 heteroatoms. The van der Waals surface area contributed by atoms with Crippen LogP contribution < -0.4 is 11.5 Å². The lowest BCUT2D eigenvalue weighted by atomic mass is 9.70. The van der Waals surface area contributed by atoms with Crippen molar-refractivity contribution < 1.29 is 37.7 Å². The topological polar surface area (TPSA) is 191 Å². The van der Waals surface area contributed by atoms with E-state index in [0.29, 0.717) is 17.7 Å². The molecule has 0 aliphatic heterocycles. The molecule has 1 aliphatic carbocycles. The summed E-state index contributed by atoms with van der Waals surface area (Å²) < 4.78 is 0. The summed E-state index contributed by atoms with van der Waals surface area (Å²) in [4.78, 5) is 40.2. The first-order valence-corrected chi connectivity index (χ1v) is 11.4. The molecule has 0 saturated carbocycles. The van der Waals surface area contributed by atoms with Crippen molar-refractivity contribution in [2.75, 3.05) is 54.2 Å². The zero-order chi connectivity index (χ0) is 27.1. The summed E-state index contributed by atoms with van der Waals surface area (Å²) in [5, 5.41) is 41.1. The molecule has 0 spiro atoms. The zero-order valence-corrected chi connectivity index (χ0v) is 21.2. The standard InChI is InChI=1S/C21H31N3O7.C3H9N.2H2/c1-24(2)15(9-25)13(21(31,10-26)18(29)8-19(23)30)6-11-5-12-14(22)3-4-16(27)20(12)17(28)7-11;1-4(2)3;;/h3-4,11,13,15,25-27,31H,5-10,22H2,1-2H3,(H2,23,30);1-3H3;2*1H/t11?,13?,15-,21+;;;/m0.../s1. The number of benzene rings is 1. The van der Waals surface area contributed by atoms with Crippen molar-refractivity contribution in [1.82, 2.24) is 9.80 Å². The van der Waals surface area contributed by atoms with Crippen LogP contribution in [0, 0.1) is 11.8 Å². The Balaban J connectivity index is 0. The number of hydrogen-bond acceptors (Lipinski definition) is 10. The number of fused-ring (bicyclic) bond motifs is 1. The monoisotopic (exact) mass is 500 g/mol. The molecule has 35 heavy (non-hydrogen) atoms. The van der Waals surface area contributed by atoms with Gasteiger partial charge < -0.3 is 41.7 Å². The van der Waals surface area contributed by atoms with Gasteiger partial charge in [0.05, 0.1) is 25.2 Å². The molecule has 1 amide bonds. The molecule has 2 rings (SSSR count). The fourth-order valence-electron chi connectivity index (χ4n) is 4.48. The van der Waals surface area contributed by atoms with E-state index in [2.05, 4.69) is 0 Å². The van der Waals surface area contributed by atoms with Crippen molar-refractivity contribution in [1.29, 1.82) is 0 Å². The SMILES string of the molecule is CN(C)C.CN(C)[C@@H](CO)C(CC1CC(=O)c2c(O)ccc(N)c2C1)[C@](O)(CO)C(=O)CC(N)=O.[HH].[HH]. The van der Waals surface area contributed by atoms with E-state index >= 15 is 0 Å². The largest absolute Gasteiger partial charge is 0.507 e. The number of ketones is 2. The normalized spacial score (nSPS) is 18.8. The van der Waals surface area contributed by atoms with E-state index < -0.39 is 48.9 Å². The molecule has 0 heterocycles. The Labute approximate surface area is 209 Å². The van der Waals surface area contributed by atoms with Crippen LogP contribution in [-0.4, -0.2) is 108 Å². The number of aliphatic hydroxyl groups is 3. The second-order valence-corrected chi connectivity index (χ2v) is 9.77. The van der Waals surface area contributed by atoms with E-state index in [1.165, 1.54) is 12.1 Å². The maximum atomic E-state index is 12.7. The van der Waals surface area contributed by atoms with E-state index in [-0.39, 0.29) is 38.7 Å². The number of nitrogen functional groups attached to an aromatic ring is 1. The molecule has 0 fully saturated rings. The number of primary amides is 1. The van der Waals surface area contributed by atoms with Crippen LogP contribution in [0.2, 0.25) is 0 Å². The van der Waals surface area contributed by atoms with Gasteiger partial charge in [-0.3, -0.25) is 14.4 Å². The Bertz CT molecular complexity index is 915. The van der Waals surface area contributed by atoms with Crippen molar-refractivity contribution in [2.24, 2.45) is 17.6 Å². The van der Waals surface area contributed by atoms with Crippen LogP contribution in [0.1, 0.15) is 38.0 Å². The first kappa shape index (κ1) is 30.5. The highest BCUT2D eigenvalue weighted by Crippen LogP contribution is 2.40. The zero-order valence-electron chi connectivity index (χ0n) is 21.2. The predicted octanol–water partition coefficient (Wildman–Crippen LogP) is -0.514. The number of anilines is 1. The number of carbonyl (C=O) groups excluding carboxylic acids is 3. The molecule has 1 aromatic carbocycles. The number of Topliss-reactive ketones (excluding diaryl/α,β-unsaturated/α-hetero) is 2. The van der Waals surface area contributed by atoms with Crippen molar-refractivity contribution in [3.8, 4) is 5.75 Å². The molecule has 4 atom stereocenters. The number of aliphatic hydroxyl groups excluding tert-OH is 2. The van der Waals surface area contributed by atoms with Crippen molar-refractivity contribution in [3.05, 3.63) is 23.3 Å². The van der Waals surface area contributed by atoms with Gasteiger partial charge in [0.1, 0.15) is 5.75 Å². The smallest absolute Gasteiger partial charge is 0.224 e. The predicted molar refractivity (Wildman–Crippen MR) is 136 cm³/mol. The molecule has 0 bridgehead atoms. The number of carbonyl (C=O) groups is 3. The average Bonchev–Trinajstić information content (AvgIpc) is 2.74. The second-order valence-electron chi connectivity index (χ2n) is 9.77. The van der Waals surface area contributed by atoms with Gasteiger partial charge in [-0.25, -0.2) is 0 Å². The maximum Gasteiger partial charge on any atom is 0.224 e. The summed E-state index contributed by atoms with van der Waals surface area (Å²) in [6.45, 7) is -1.42. The highest BCUT2D eigenvalue weighted by atomic mass is 16.3. The van der Waals surface area contributed by atoms with Crippen LogP contribution in [-0.2, 0) is 16.0 Å². The highest BCUT2D eigenvalue weighted by molar-refractivity contribution is 6.03. The van der Waals surface area contributed by atoms with Crippen LogP contribution in [0.25, 0.3) is 0 Å². The molecule has 0 saturated heterocycles. The number of nitrogens with two attached hydrogens (primary N) is 2. The van der Waals surface area contributed by atoms with E-state index in [4.69, 9.17) is 11.5 Å². The Hall–Kier alpha value is -2.57. The molecular formula is C24H44N4O7. The quantitative estimate of drug-likeness (QED) is 0.138. The number of rotatable bonds is 10. The first-order valence-electron chi connectivity index (χ1n) is 11.4. The Morgan fingerprint density at radius 3 is 2.20 bits per heavy atom. The Kier molecular flexibility index (Phi) is 11.3. The van der Waals surface area contributed by atoms with Gasteiger partial charge in [-0.1, -0.05) is 0 Å². The number of phenols is 1. The number of phenolic OH excluding ortho intramolecular Hbond substituents is 1. The van der Waals surface area contributed by atoms with Gasteiger partial charge in [0, 0.05) is 26.9 Å². The average molecular weight is 501 g/mol. The molecule has 2 unspecified atom stereocenters. The van der Waals surface area contributed by atoms with E-state index in [9.17, 15) is 34.8 Å². The maximum absolute atomic E-state index is 12.7. The summed E-state index contributed by atoms with van der Waals surface area (Å²) in [6.07, 6.45) is -0.371. The fraction of sp³-hybridized carbons (Fsp3) is 0.625. The number of likely N-dealkylation sites (N-methyl/N-ethyl adjacent to an activating group) is 1. The molecule has 0 aromatic heterocycles. The van der Waals surface area contributed by atoms with Crippen molar-refractivity contribution in [3.63, 3.8) is 0 Å². The van der Waals surface area contributed by atoms with Crippen LogP contribution in [0.15, 0.2) is 12.1 Å². The third kappa shape index (κ3) is 7.71. The van der Waals surface area contributed by atoms with Gasteiger partial charge in [-0.15, -0.1) is 0 Å². The third-order valence-corrected chi connectivity index (χ3v) is 6.15. The minimum absolute atomic E-state index is 0. The molecule has 1 aromatic rings. The summed E-state index contributed by atoms with van der Waals surface area (Å²) in [5.41, 5.74) is 9.77. The number of nitrogens with zero attached hydrogens (tertiary/aromatic N) is 2. The summed E-state index contributed by atoms with van der Waals surface area (Å²) in [6, 6.07) is 2.10. The van der Waals surface area contributed by atoms with E-state index in [1.807, 2.05) is 26.0 Å². The summed E-state index contributed by atoms with van der Waals surface area (Å²) in [7, 11) is 9.28. The van der Waals surface area contributed by atoms with Gasteiger partial charge in [-0.05, 0) is 71.7 Å². The second kappa shape index (κ2) is 12.9. The Morgan fingerprint density at radius 1 is 1.17 bits per heavy atom. The number of aromatic hydroxyl groups is 1. The summed E-state index contributed by atoms with van der Waals surface area (Å²) in [5.74, 6) is -3.78. The van der Waals surface area contributed by atoms with Gasteiger partial charge in [0.2, 0.25) is 5.91 Å². The number of hydrogen-bond donors (Lipinski definition) is 6. The van der Waals surface area contributed by atoms with E-state index in [0.717, 1.165) is 0 Å². The molecule has 1 aliphatic rings. The molecule has 8 N–H and O–H groups in total. The van der Waals surface area contributed by atoms with Crippen molar-refractivity contribution in [2.45, 2.75) is 37.3 Å². The lowest BCUT2D eigenvalue weighted by Crippen LogP contribution is -2.58. The van der Waals surface area contributed by atoms with Gasteiger partial charge in [0.15, 0.2) is 17.2 Å². The van der Waals surface area contributed by atoms with Gasteiger partial charge in [0.25, 0.3) is 0 Å². The Morgan fingerprint density at radius 2 is 1.74 bits per heavy atom.